The molecule has 8 nitrogen and oxygen atoms in total. The summed E-state index contributed by atoms with van der Waals surface area (Å²) in [7, 11) is -3.77. The molecule has 1 atom stereocenters. The van der Waals surface area contributed by atoms with Gasteiger partial charge < -0.3 is 9.84 Å². The third-order valence-electron chi connectivity index (χ3n) is 5.65. The molecule has 1 saturated heterocycles. The number of aromatic nitrogens is 2. The molecule has 33 heavy (non-hydrogen) atoms. The number of carbonyl (C=O) groups excluding carboxylic acids is 1. The van der Waals surface area contributed by atoms with Crippen LogP contribution in [0.3, 0.4) is 0 Å². The molecule has 1 aromatic heterocycles. The zero-order valence-corrected chi connectivity index (χ0v) is 19.8. The minimum absolute atomic E-state index is 0.0962. The van der Waals surface area contributed by atoms with Crippen LogP contribution in [-0.2, 0) is 14.8 Å². The minimum atomic E-state index is -3.77. The lowest BCUT2D eigenvalue weighted by Gasteiger charge is -2.21. The predicted molar refractivity (Wildman–Crippen MR) is 125 cm³/mol. The monoisotopic (exact) mass is 468 g/mol. The van der Waals surface area contributed by atoms with Gasteiger partial charge in [0.25, 0.3) is 0 Å². The summed E-state index contributed by atoms with van der Waals surface area (Å²) in [4.78, 5) is 16.7. The van der Waals surface area contributed by atoms with Crippen molar-refractivity contribution >= 4 is 21.6 Å². The van der Waals surface area contributed by atoms with Crippen molar-refractivity contribution in [1.29, 1.82) is 0 Å². The third kappa shape index (κ3) is 4.99. The molecular weight excluding hydrogens is 440 g/mol. The number of amides is 1. The summed E-state index contributed by atoms with van der Waals surface area (Å²) in [6.45, 7) is 6.28. The second-order valence-electron chi connectivity index (χ2n) is 8.72. The van der Waals surface area contributed by atoms with Crippen molar-refractivity contribution in [3.63, 3.8) is 0 Å². The van der Waals surface area contributed by atoms with E-state index in [-0.39, 0.29) is 16.7 Å². The molecule has 0 radical (unpaired) electrons. The van der Waals surface area contributed by atoms with Crippen LogP contribution in [-0.4, -0.2) is 35.3 Å². The van der Waals surface area contributed by atoms with Crippen molar-refractivity contribution in [2.24, 2.45) is 5.92 Å². The summed E-state index contributed by atoms with van der Waals surface area (Å²) in [5.41, 5.74) is 2.44. The fourth-order valence-corrected chi connectivity index (χ4v) is 5.66. The first-order chi connectivity index (χ1) is 15.8. The van der Waals surface area contributed by atoms with E-state index in [1.165, 1.54) is 16.4 Å². The molecule has 3 aromatic rings. The van der Waals surface area contributed by atoms with Crippen LogP contribution in [0.25, 0.3) is 11.4 Å². The van der Waals surface area contributed by atoms with E-state index in [0.717, 1.165) is 11.1 Å². The molecule has 1 aliphatic rings. The molecule has 0 bridgehead atoms. The van der Waals surface area contributed by atoms with Gasteiger partial charge in [-0.25, -0.2) is 8.42 Å². The Bertz CT molecular complexity index is 1240. The van der Waals surface area contributed by atoms with Gasteiger partial charge in [-0.1, -0.05) is 43.3 Å². The van der Waals surface area contributed by atoms with Gasteiger partial charge in [-0.05, 0) is 55.5 Å². The van der Waals surface area contributed by atoms with Gasteiger partial charge in [0.05, 0.1) is 4.90 Å². The molecule has 0 aliphatic carbocycles. The number of hydrogen-bond acceptors (Lipinski definition) is 6. The Morgan fingerprint density at radius 1 is 1.18 bits per heavy atom. The number of sulfonamides is 1. The largest absolute Gasteiger partial charge is 0.337 e. The maximum atomic E-state index is 13.4. The van der Waals surface area contributed by atoms with Gasteiger partial charge in [0.15, 0.2) is 0 Å². The first kappa shape index (κ1) is 23.1. The molecule has 0 saturated carbocycles. The van der Waals surface area contributed by atoms with Gasteiger partial charge in [0.1, 0.15) is 6.04 Å². The summed E-state index contributed by atoms with van der Waals surface area (Å²) in [6, 6.07) is 13.5. The second-order valence-corrected chi connectivity index (χ2v) is 10.6. The van der Waals surface area contributed by atoms with E-state index in [9.17, 15) is 13.2 Å². The molecular formula is C24H28N4O4S. The maximum Gasteiger partial charge on any atom is 0.245 e. The Morgan fingerprint density at radius 3 is 2.61 bits per heavy atom. The average molecular weight is 469 g/mol. The summed E-state index contributed by atoms with van der Waals surface area (Å²) in [6.07, 6.45) is 1.72. The Balaban J connectivity index is 1.53. The lowest BCUT2D eigenvalue weighted by Crippen LogP contribution is -2.30. The van der Waals surface area contributed by atoms with E-state index in [1.807, 2.05) is 45.0 Å². The third-order valence-corrected chi connectivity index (χ3v) is 7.58. The number of aryl methyl sites for hydroxylation is 1. The number of hydrogen-bond donors (Lipinski definition) is 1. The van der Waals surface area contributed by atoms with Gasteiger partial charge >= 0.3 is 0 Å². The lowest BCUT2D eigenvalue weighted by atomic mass is 10.1. The van der Waals surface area contributed by atoms with Crippen LogP contribution < -0.4 is 5.32 Å². The van der Waals surface area contributed by atoms with E-state index >= 15 is 0 Å². The van der Waals surface area contributed by atoms with Crippen LogP contribution in [0.2, 0.25) is 0 Å². The zero-order valence-electron chi connectivity index (χ0n) is 19.0. The first-order valence-electron chi connectivity index (χ1n) is 11.1. The summed E-state index contributed by atoms with van der Waals surface area (Å²) in [5, 5.41) is 6.89. The predicted octanol–water partition coefficient (Wildman–Crippen LogP) is 4.56. The van der Waals surface area contributed by atoms with Crippen LogP contribution in [0.4, 0.5) is 5.69 Å². The highest BCUT2D eigenvalue weighted by atomic mass is 32.2. The number of carbonyl (C=O) groups is 1. The summed E-state index contributed by atoms with van der Waals surface area (Å²) >= 11 is 0. The van der Waals surface area contributed by atoms with Gasteiger partial charge in [-0.2, -0.15) is 9.29 Å². The van der Waals surface area contributed by atoms with Crippen molar-refractivity contribution in [1.82, 2.24) is 14.4 Å². The molecule has 1 aliphatic heterocycles. The van der Waals surface area contributed by atoms with E-state index in [0.29, 0.717) is 43.2 Å². The van der Waals surface area contributed by atoms with Gasteiger partial charge in [-0.15, -0.1) is 0 Å². The topological polar surface area (TPSA) is 105 Å². The number of nitrogens with zero attached hydrogens (tertiary/aromatic N) is 3. The minimum Gasteiger partial charge on any atom is -0.337 e. The average Bonchev–Trinajstić information content (AvgIpc) is 3.44. The molecule has 0 spiro atoms. The molecule has 174 valence electrons. The lowest BCUT2D eigenvalue weighted by molar-refractivity contribution is -0.116. The molecule has 0 unspecified atom stereocenters. The number of benzene rings is 2. The van der Waals surface area contributed by atoms with E-state index in [2.05, 4.69) is 15.5 Å². The van der Waals surface area contributed by atoms with Crippen molar-refractivity contribution in [3.05, 3.63) is 60.0 Å². The molecule has 1 N–H and O–H groups in total. The van der Waals surface area contributed by atoms with E-state index in [4.69, 9.17) is 4.52 Å². The number of nitrogens with one attached hydrogen (secondary N) is 1. The molecule has 1 amide bonds. The van der Waals surface area contributed by atoms with Gasteiger partial charge in [0, 0.05) is 24.2 Å². The Hall–Kier alpha value is -3.04. The second kappa shape index (κ2) is 9.44. The van der Waals surface area contributed by atoms with Crippen LogP contribution in [0.5, 0.6) is 0 Å². The van der Waals surface area contributed by atoms with E-state index in [1.54, 1.807) is 12.1 Å². The summed E-state index contributed by atoms with van der Waals surface area (Å²) in [5.74, 6) is 0.898. The molecule has 9 heteroatoms. The fraction of sp³-hybridized carbons (Fsp3) is 0.375. The Morgan fingerprint density at radius 2 is 1.91 bits per heavy atom. The quantitative estimate of drug-likeness (QED) is 0.545. The van der Waals surface area contributed by atoms with Crippen molar-refractivity contribution in [2.75, 3.05) is 11.9 Å². The van der Waals surface area contributed by atoms with Crippen LogP contribution in [0.1, 0.15) is 50.6 Å². The molecule has 4 rings (SSSR count). The zero-order chi connectivity index (χ0) is 23.6. The highest BCUT2D eigenvalue weighted by molar-refractivity contribution is 7.89. The number of rotatable bonds is 7. The standard InChI is InChI=1S/C24H28N4O4S/c1-16(2)15-22(29)25-18-10-12-19(13-11-18)33(30,31)28-14-6-9-21(28)24-26-23(27-32-24)20-8-5-4-7-17(20)3/h4-5,7-8,10-13,16,21H,6,9,14-15H2,1-3H3,(H,25,29)/t21-/m0/s1. The highest BCUT2D eigenvalue weighted by Gasteiger charge is 2.39. The van der Waals surface area contributed by atoms with Crippen molar-refractivity contribution in [3.8, 4) is 11.4 Å². The van der Waals surface area contributed by atoms with Crippen molar-refractivity contribution in [2.45, 2.75) is 51.0 Å². The molecule has 2 aromatic carbocycles. The molecule has 2 heterocycles. The SMILES string of the molecule is Cc1ccccc1-c1noc([C@@H]2CCCN2S(=O)(=O)c2ccc(NC(=O)CC(C)C)cc2)n1. The molecule has 1 fully saturated rings. The van der Waals surface area contributed by atoms with E-state index < -0.39 is 16.1 Å². The van der Waals surface area contributed by atoms with Crippen LogP contribution >= 0.6 is 0 Å². The normalized spacial score (nSPS) is 16.9. The fourth-order valence-electron chi connectivity index (χ4n) is 4.01. The number of anilines is 1. The smallest absolute Gasteiger partial charge is 0.245 e. The Kier molecular flexibility index (Phi) is 6.62. The first-order valence-corrected chi connectivity index (χ1v) is 12.5. The summed E-state index contributed by atoms with van der Waals surface area (Å²) < 4.78 is 33.7. The van der Waals surface area contributed by atoms with Gasteiger partial charge in [0.2, 0.25) is 27.6 Å². The Labute approximate surface area is 194 Å². The van der Waals surface area contributed by atoms with Crippen LogP contribution in [0, 0.1) is 12.8 Å². The maximum absolute atomic E-state index is 13.4. The van der Waals surface area contributed by atoms with Gasteiger partial charge in [-0.3, -0.25) is 4.79 Å². The van der Waals surface area contributed by atoms with Crippen molar-refractivity contribution < 1.29 is 17.7 Å². The van der Waals surface area contributed by atoms with Crippen LogP contribution in [0.15, 0.2) is 57.9 Å². The highest BCUT2D eigenvalue weighted by Crippen LogP contribution is 2.37.